The molecule has 0 aliphatic carbocycles. The van der Waals surface area contributed by atoms with Gasteiger partial charge < -0.3 is 4.90 Å². The summed E-state index contributed by atoms with van der Waals surface area (Å²) >= 11 is 0. The first-order chi connectivity index (χ1) is 6.07. The molecule has 0 spiro atoms. The molecule has 0 heterocycles. The second-order valence-corrected chi connectivity index (χ2v) is 3.40. The van der Waals surface area contributed by atoms with Gasteiger partial charge in [-0.15, -0.1) is 0 Å². The van der Waals surface area contributed by atoms with Crippen LogP contribution in [0.25, 0.3) is 0 Å². The third kappa shape index (κ3) is 6.31. The lowest BCUT2D eigenvalue weighted by Gasteiger charge is -2.15. The Labute approximate surface area is 80.1 Å². The van der Waals surface area contributed by atoms with Crippen molar-refractivity contribution < 1.29 is 9.59 Å². The van der Waals surface area contributed by atoms with Crippen LogP contribution in [0, 0.1) is 0 Å². The minimum atomic E-state index is -0.0661. The van der Waals surface area contributed by atoms with E-state index in [4.69, 9.17) is 0 Å². The fraction of sp³-hybridized carbons (Fsp3) is 0.800. The van der Waals surface area contributed by atoms with Crippen molar-refractivity contribution in [2.45, 2.75) is 39.5 Å². The molecule has 0 saturated heterocycles. The van der Waals surface area contributed by atoms with Crippen molar-refractivity contribution in [2.24, 2.45) is 0 Å². The molecular formula is C10H19NO2. The summed E-state index contributed by atoms with van der Waals surface area (Å²) in [5.74, 6) is -0.129. The first-order valence-electron chi connectivity index (χ1n) is 4.81. The number of ketones is 1. The maximum absolute atomic E-state index is 11.3. The Hall–Kier alpha value is -0.860. The Kier molecular flexibility index (Phi) is 6.20. The van der Waals surface area contributed by atoms with Crippen LogP contribution in [0.4, 0.5) is 0 Å². The number of rotatable bonds is 6. The summed E-state index contributed by atoms with van der Waals surface area (Å²) in [5.41, 5.74) is 0. The molecule has 0 N–H and O–H groups in total. The summed E-state index contributed by atoms with van der Waals surface area (Å²) in [4.78, 5) is 23.5. The molecular weight excluding hydrogens is 166 g/mol. The molecule has 3 nitrogen and oxygen atoms in total. The number of amides is 1. The van der Waals surface area contributed by atoms with Crippen molar-refractivity contribution >= 4 is 11.7 Å². The van der Waals surface area contributed by atoms with Gasteiger partial charge in [0, 0.05) is 13.6 Å². The number of nitrogens with zero attached hydrogens (tertiary/aromatic N) is 1. The second-order valence-electron chi connectivity index (χ2n) is 3.40. The van der Waals surface area contributed by atoms with Crippen molar-refractivity contribution in [3.8, 4) is 0 Å². The van der Waals surface area contributed by atoms with Crippen LogP contribution in [-0.2, 0) is 9.59 Å². The highest BCUT2D eigenvalue weighted by molar-refractivity contribution is 5.96. The monoisotopic (exact) mass is 185 g/mol. The van der Waals surface area contributed by atoms with E-state index in [1.54, 1.807) is 11.9 Å². The number of hydrogen-bond donors (Lipinski definition) is 0. The van der Waals surface area contributed by atoms with Crippen molar-refractivity contribution in [1.82, 2.24) is 4.90 Å². The van der Waals surface area contributed by atoms with Crippen molar-refractivity contribution in [1.29, 1.82) is 0 Å². The first kappa shape index (κ1) is 12.1. The lowest BCUT2D eigenvalue weighted by Crippen LogP contribution is -2.28. The number of Topliss-reactive ketones (excluding diaryl/α,β-unsaturated/α-hetero) is 1. The van der Waals surface area contributed by atoms with Crippen LogP contribution in [0.2, 0.25) is 0 Å². The lowest BCUT2D eigenvalue weighted by atomic mass is 10.2. The zero-order valence-electron chi connectivity index (χ0n) is 8.80. The normalized spacial score (nSPS) is 9.77. The molecule has 76 valence electrons. The Morgan fingerprint density at radius 2 is 1.85 bits per heavy atom. The highest BCUT2D eigenvalue weighted by atomic mass is 16.2. The third-order valence-corrected chi connectivity index (χ3v) is 1.92. The zero-order valence-corrected chi connectivity index (χ0v) is 8.80. The highest BCUT2D eigenvalue weighted by Crippen LogP contribution is 1.98. The topological polar surface area (TPSA) is 37.4 Å². The van der Waals surface area contributed by atoms with E-state index in [0.29, 0.717) is 0 Å². The summed E-state index contributed by atoms with van der Waals surface area (Å²) in [6.45, 7) is 4.33. The molecule has 0 atom stereocenters. The van der Waals surface area contributed by atoms with Gasteiger partial charge in [0.2, 0.25) is 5.91 Å². The maximum Gasteiger partial charge on any atom is 0.229 e. The summed E-state index contributed by atoms with van der Waals surface area (Å²) in [5, 5.41) is 0. The van der Waals surface area contributed by atoms with Gasteiger partial charge in [0.15, 0.2) is 0 Å². The number of carbonyl (C=O) groups is 2. The predicted octanol–water partition coefficient (Wildman–Crippen LogP) is 1.61. The van der Waals surface area contributed by atoms with Crippen LogP contribution in [0.15, 0.2) is 0 Å². The molecule has 0 aromatic carbocycles. The lowest BCUT2D eigenvalue weighted by molar-refractivity contribution is -0.133. The van der Waals surface area contributed by atoms with E-state index in [2.05, 4.69) is 6.92 Å². The third-order valence-electron chi connectivity index (χ3n) is 1.92. The van der Waals surface area contributed by atoms with Gasteiger partial charge in [0.1, 0.15) is 5.78 Å². The van der Waals surface area contributed by atoms with Crippen LogP contribution in [0.3, 0.4) is 0 Å². The van der Waals surface area contributed by atoms with E-state index in [0.717, 1.165) is 25.8 Å². The standard InChI is InChI=1S/C10H19NO2/c1-4-5-6-7-11(3)10(13)8-9(2)12/h4-8H2,1-3H3. The van der Waals surface area contributed by atoms with Gasteiger partial charge in [0.05, 0.1) is 6.42 Å². The average molecular weight is 185 g/mol. The predicted molar refractivity (Wildman–Crippen MR) is 52.5 cm³/mol. The first-order valence-corrected chi connectivity index (χ1v) is 4.81. The van der Waals surface area contributed by atoms with E-state index < -0.39 is 0 Å². The minimum Gasteiger partial charge on any atom is -0.345 e. The van der Waals surface area contributed by atoms with Crippen molar-refractivity contribution in [3.05, 3.63) is 0 Å². The van der Waals surface area contributed by atoms with Gasteiger partial charge in [-0.1, -0.05) is 19.8 Å². The molecule has 0 aliphatic rings. The summed E-state index contributed by atoms with van der Waals surface area (Å²) in [7, 11) is 1.75. The Morgan fingerprint density at radius 3 is 2.31 bits per heavy atom. The molecule has 0 saturated carbocycles. The largest absolute Gasteiger partial charge is 0.345 e. The molecule has 3 heteroatoms. The van der Waals surface area contributed by atoms with Crippen LogP contribution in [0.5, 0.6) is 0 Å². The number of unbranched alkanes of at least 4 members (excludes halogenated alkanes) is 2. The molecule has 0 bridgehead atoms. The number of hydrogen-bond acceptors (Lipinski definition) is 2. The van der Waals surface area contributed by atoms with E-state index in [9.17, 15) is 9.59 Å². The average Bonchev–Trinajstić information content (AvgIpc) is 2.03. The van der Waals surface area contributed by atoms with Gasteiger partial charge in [0.25, 0.3) is 0 Å². The Bertz CT molecular complexity index is 178. The summed E-state index contributed by atoms with van der Waals surface area (Å²) in [6, 6.07) is 0. The fourth-order valence-corrected chi connectivity index (χ4v) is 1.07. The van der Waals surface area contributed by atoms with Gasteiger partial charge in [-0.25, -0.2) is 0 Å². The molecule has 1 amide bonds. The Morgan fingerprint density at radius 1 is 1.23 bits per heavy atom. The van der Waals surface area contributed by atoms with E-state index >= 15 is 0 Å². The zero-order chi connectivity index (χ0) is 10.3. The smallest absolute Gasteiger partial charge is 0.229 e. The molecule has 0 radical (unpaired) electrons. The fourth-order valence-electron chi connectivity index (χ4n) is 1.07. The number of carbonyl (C=O) groups excluding carboxylic acids is 2. The van der Waals surface area contributed by atoms with Gasteiger partial charge in [-0.2, -0.15) is 0 Å². The van der Waals surface area contributed by atoms with E-state index in [1.807, 2.05) is 0 Å². The SMILES string of the molecule is CCCCCN(C)C(=O)CC(C)=O. The van der Waals surface area contributed by atoms with Crippen molar-refractivity contribution in [2.75, 3.05) is 13.6 Å². The van der Waals surface area contributed by atoms with Crippen molar-refractivity contribution in [3.63, 3.8) is 0 Å². The molecule has 0 aromatic rings. The van der Waals surface area contributed by atoms with E-state index in [1.165, 1.54) is 6.92 Å². The summed E-state index contributed by atoms with van der Waals surface area (Å²) in [6.07, 6.45) is 3.35. The van der Waals surface area contributed by atoms with E-state index in [-0.39, 0.29) is 18.1 Å². The van der Waals surface area contributed by atoms with Crippen LogP contribution >= 0.6 is 0 Å². The summed E-state index contributed by atoms with van der Waals surface area (Å²) < 4.78 is 0. The molecule has 0 rings (SSSR count). The maximum atomic E-state index is 11.3. The minimum absolute atomic E-state index is 0.0443. The van der Waals surface area contributed by atoms with Crippen LogP contribution < -0.4 is 0 Å². The van der Waals surface area contributed by atoms with Crippen LogP contribution in [0.1, 0.15) is 39.5 Å². The van der Waals surface area contributed by atoms with Crippen LogP contribution in [-0.4, -0.2) is 30.2 Å². The van der Waals surface area contributed by atoms with Gasteiger partial charge >= 0.3 is 0 Å². The molecule has 0 fully saturated rings. The highest BCUT2D eigenvalue weighted by Gasteiger charge is 2.09. The quantitative estimate of drug-likeness (QED) is 0.465. The van der Waals surface area contributed by atoms with Gasteiger partial charge in [-0.3, -0.25) is 9.59 Å². The molecule has 0 aliphatic heterocycles. The van der Waals surface area contributed by atoms with Gasteiger partial charge in [-0.05, 0) is 13.3 Å². The second kappa shape index (κ2) is 6.63. The molecule has 0 unspecified atom stereocenters. The molecule has 13 heavy (non-hydrogen) atoms. The Balaban J connectivity index is 3.63. The molecule has 0 aromatic heterocycles.